The molecule has 0 bridgehead atoms. The van der Waals surface area contributed by atoms with Gasteiger partial charge in [0.1, 0.15) is 36.9 Å². The first-order valence-electron chi connectivity index (χ1n) is 10.9. The van der Waals surface area contributed by atoms with E-state index < -0.39 is 12.2 Å². The number of ether oxygens (including phenoxy) is 4. The summed E-state index contributed by atoms with van der Waals surface area (Å²) in [6.07, 6.45) is 2.81. The maximum Gasteiger partial charge on any atom is 0.120 e. The molecule has 0 amide bonds. The quantitative estimate of drug-likeness (QED) is 0.401. The SMILES string of the molecule is CCCCOCC(O)COc1ccc2ccc(OCC(O)COCCCC)cc2c1. The van der Waals surface area contributed by atoms with E-state index in [-0.39, 0.29) is 26.4 Å². The average molecular weight is 421 g/mol. The van der Waals surface area contributed by atoms with Crippen LogP contribution in [-0.4, -0.2) is 62.1 Å². The molecule has 0 spiro atoms. The van der Waals surface area contributed by atoms with E-state index >= 15 is 0 Å². The number of rotatable bonds is 16. The van der Waals surface area contributed by atoms with E-state index in [1.165, 1.54) is 0 Å². The third kappa shape index (κ3) is 9.30. The van der Waals surface area contributed by atoms with Gasteiger partial charge in [0.15, 0.2) is 0 Å². The van der Waals surface area contributed by atoms with Gasteiger partial charge in [-0.2, -0.15) is 0 Å². The van der Waals surface area contributed by atoms with Crippen LogP contribution in [0.4, 0.5) is 0 Å². The van der Waals surface area contributed by atoms with Gasteiger partial charge in [0.25, 0.3) is 0 Å². The second-order valence-electron chi connectivity index (χ2n) is 7.46. The number of hydrogen-bond acceptors (Lipinski definition) is 6. The van der Waals surface area contributed by atoms with Crippen molar-refractivity contribution in [1.82, 2.24) is 0 Å². The lowest BCUT2D eigenvalue weighted by atomic mass is 10.1. The molecular formula is C24H36O6. The third-order valence-electron chi connectivity index (χ3n) is 4.57. The number of hydrogen-bond donors (Lipinski definition) is 2. The Morgan fingerprint density at radius 1 is 0.667 bits per heavy atom. The lowest BCUT2D eigenvalue weighted by Crippen LogP contribution is -2.23. The van der Waals surface area contributed by atoms with Crippen LogP contribution in [0.25, 0.3) is 10.8 Å². The molecule has 0 aliphatic heterocycles. The van der Waals surface area contributed by atoms with Gasteiger partial charge in [-0.05, 0) is 47.9 Å². The number of aliphatic hydroxyl groups is 2. The van der Waals surface area contributed by atoms with Crippen LogP contribution in [0.2, 0.25) is 0 Å². The summed E-state index contributed by atoms with van der Waals surface area (Å²) >= 11 is 0. The van der Waals surface area contributed by atoms with Gasteiger partial charge in [-0.3, -0.25) is 0 Å². The second-order valence-corrected chi connectivity index (χ2v) is 7.46. The molecular weight excluding hydrogens is 384 g/mol. The fraction of sp³-hybridized carbons (Fsp3) is 0.583. The summed E-state index contributed by atoms with van der Waals surface area (Å²) in [7, 11) is 0. The highest BCUT2D eigenvalue weighted by Gasteiger charge is 2.08. The highest BCUT2D eigenvalue weighted by molar-refractivity contribution is 5.85. The first-order chi connectivity index (χ1) is 14.6. The zero-order valence-electron chi connectivity index (χ0n) is 18.2. The predicted molar refractivity (Wildman–Crippen MR) is 118 cm³/mol. The molecule has 30 heavy (non-hydrogen) atoms. The van der Waals surface area contributed by atoms with Crippen LogP contribution in [0.1, 0.15) is 39.5 Å². The molecule has 2 aromatic carbocycles. The Bertz CT molecular complexity index is 663. The Hall–Kier alpha value is -1.86. The molecule has 2 atom stereocenters. The molecule has 168 valence electrons. The Morgan fingerprint density at radius 3 is 1.57 bits per heavy atom. The molecule has 0 aliphatic carbocycles. The number of fused-ring (bicyclic) bond motifs is 1. The van der Waals surface area contributed by atoms with Gasteiger partial charge in [0.2, 0.25) is 0 Å². The van der Waals surface area contributed by atoms with Crippen LogP contribution in [0.15, 0.2) is 36.4 Å². The van der Waals surface area contributed by atoms with E-state index in [9.17, 15) is 10.2 Å². The van der Waals surface area contributed by atoms with Gasteiger partial charge in [-0.25, -0.2) is 0 Å². The minimum absolute atomic E-state index is 0.179. The van der Waals surface area contributed by atoms with Gasteiger partial charge in [0, 0.05) is 13.2 Å². The molecule has 2 N–H and O–H groups in total. The molecule has 0 fully saturated rings. The second kappa shape index (κ2) is 14.2. The van der Waals surface area contributed by atoms with Crippen molar-refractivity contribution < 1.29 is 29.2 Å². The number of aliphatic hydroxyl groups excluding tert-OH is 2. The van der Waals surface area contributed by atoms with Crippen molar-refractivity contribution in [3.05, 3.63) is 36.4 Å². The highest BCUT2D eigenvalue weighted by atomic mass is 16.5. The van der Waals surface area contributed by atoms with Gasteiger partial charge in [-0.15, -0.1) is 0 Å². The molecule has 2 unspecified atom stereocenters. The lowest BCUT2D eigenvalue weighted by Gasteiger charge is -2.14. The van der Waals surface area contributed by atoms with Gasteiger partial charge in [0.05, 0.1) is 13.2 Å². The molecule has 0 radical (unpaired) electrons. The fourth-order valence-electron chi connectivity index (χ4n) is 2.80. The predicted octanol–water partition coefficient (Wildman–Crippen LogP) is 3.95. The van der Waals surface area contributed by atoms with Crippen LogP contribution >= 0.6 is 0 Å². The van der Waals surface area contributed by atoms with Gasteiger partial charge >= 0.3 is 0 Å². The van der Waals surface area contributed by atoms with E-state index in [0.29, 0.717) is 24.7 Å². The third-order valence-corrected chi connectivity index (χ3v) is 4.57. The molecule has 0 saturated carbocycles. The van der Waals surface area contributed by atoms with Crippen molar-refractivity contribution in [3.63, 3.8) is 0 Å². The van der Waals surface area contributed by atoms with E-state index in [1.807, 2.05) is 36.4 Å². The zero-order chi connectivity index (χ0) is 21.6. The average Bonchev–Trinajstić information content (AvgIpc) is 2.76. The summed E-state index contributed by atoms with van der Waals surface area (Å²) in [6.45, 7) is 6.43. The maximum atomic E-state index is 9.98. The first-order valence-corrected chi connectivity index (χ1v) is 10.9. The minimum atomic E-state index is -0.659. The van der Waals surface area contributed by atoms with Crippen LogP contribution in [-0.2, 0) is 9.47 Å². The molecule has 6 heteroatoms. The van der Waals surface area contributed by atoms with Crippen LogP contribution in [0.3, 0.4) is 0 Å². The normalized spacial score (nSPS) is 13.3. The van der Waals surface area contributed by atoms with Crippen LogP contribution in [0.5, 0.6) is 11.5 Å². The van der Waals surface area contributed by atoms with E-state index in [0.717, 1.165) is 36.5 Å². The van der Waals surface area contributed by atoms with Crippen molar-refractivity contribution in [3.8, 4) is 11.5 Å². The van der Waals surface area contributed by atoms with Crippen molar-refractivity contribution in [1.29, 1.82) is 0 Å². The Kier molecular flexibility index (Phi) is 11.6. The van der Waals surface area contributed by atoms with Gasteiger partial charge < -0.3 is 29.2 Å². The Balaban J connectivity index is 1.82. The van der Waals surface area contributed by atoms with Crippen molar-refractivity contribution in [2.45, 2.75) is 51.7 Å². The largest absolute Gasteiger partial charge is 0.491 e. The molecule has 0 heterocycles. The van der Waals surface area contributed by atoms with Gasteiger partial charge in [-0.1, -0.05) is 38.8 Å². The molecule has 0 saturated heterocycles. The summed E-state index contributed by atoms with van der Waals surface area (Å²) in [6, 6.07) is 11.5. The lowest BCUT2D eigenvalue weighted by molar-refractivity contribution is 0.0112. The van der Waals surface area contributed by atoms with Crippen LogP contribution < -0.4 is 9.47 Å². The maximum absolute atomic E-state index is 9.98. The summed E-state index contributed by atoms with van der Waals surface area (Å²) in [5.41, 5.74) is 0. The minimum Gasteiger partial charge on any atom is -0.491 e. The van der Waals surface area contributed by atoms with E-state index in [4.69, 9.17) is 18.9 Å². The smallest absolute Gasteiger partial charge is 0.120 e. The topological polar surface area (TPSA) is 77.4 Å². The van der Waals surface area contributed by atoms with Crippen molar-refractivity contribution in [2.24, 2.45) is 0 Å². The van der Waals surface area contributed by atoms with Crippen molar-refractivity contribution in [2.75, 3.05) is 39.6 Å². The Morgan fingerprint density at radius 2 is 1.13 bits per heavy atom. The molecule has 2 rings (SSSR count). The zero-order valence-corrected chi connectivity index (χ0v) is 18.2. The number of benzene rings is 2. The summed E-state index contributed by atoms with van der Waals surface area (Å²) in [5, 5.41) is 22.0. The molecule has 0 aromatic heterocycles. The Labute approximate surface area is 179 Å². The number of unbranched alkanes of at least 4 members (excludes halogenated alkanes) is 2. The van der Waals surface area contributed by atoms with Crippen molar-refractivity contribution >= 4 is 10.8 Å². The summed E-state index contributed by atoms with van der Waals surface area (Å²) in [5.74, 6) is 1.35. The summed E-state index contributed by atoms with van der Waals surface area (Å²) in [4.78, 5) is 0. The van der Waals surface area contributed by atoms with E-state index in [1.54, 1.807) is 0 Å². The van der Waals surface area contributed by atoms with Crippen LogP contribution in [0, 0.1) is 0 Å². The first kappa shape index (κ1) is 24.4. The standard InChI is InChI=1S/C24H36O6/c1-3-5-11-27-15-21(25)17-29-23-9-7-19-8-10-24(14-20(19)13-23)30-18-22(26)16-28-12-6-4-2/h7-10,13-14,21-22,25-26H,3-6,11-12,15-18H2,1-2H3. The highest BCUT2D eigenvalue weighted by Crippen LogP contribution is 2.25. The molecule has 6 nitrogen and oxygen atoms in total. The summed E-state index contributed by atoms with van der Waals surface area (Å²) < 4.78 is 22.2. The van der Waals surface area contributed by atoms with E-state index in [2.05, 4.69) is 13.8 Å². The molecule has 2 aromatic rings. The fourth-order valence-corrected chi connectivity index (χ4v) is 2.80. The molecule has 0 aliphatic rings. The monoisotopic (exact) mass is 420 g/mol.